The van der Waals surface area contributed by atoms with Crippen molar-refractivity contribution in [2.24, 2.45) is 16.2 Å². The molecule has 392 valence electrons. The number of ether oxygens (including phenoxy) is 6. The zero-order valence-electron chi connectivity index (χ0n) is 42.8. The second kappa shape index (κ2) is 24.8. The van der Waals surface area contributed by atoms with Gasteiger partial charge in [-0.2, -0.15) is 10.5 Å². The molecule has 2 amide bonds. The first-order valence-corrected chi connectivity index (χ1v) is 25.3. The highest BCUT2D eigenvalue weighted by Gasteiger charge is 2.64. The summed E-state index contributed by atoms with van der Waals surface area (Å²) in [4.78, 5) is 27.3. The molecule has 2 fully saturated rings. The van der Waals surface area contributed by atoms with Crippen LogP contribution in [0.15, 0.2) is 78.9 Å². The van der Waals surface area contributed by atoms with Gasteiger partial charge in [0.2, 0.25) is 5.91 Å². The Bertz CT molecular complexity index is 2620. The number of rotatable bonds is 24. The maximum absolute atomic E-state index is 16.0. The number of amides is 2. The molecule has 2 aliphatic rings. The lowest BCUT2D eigenvalue weighted by atomic mass is 9.49. The average molecular weight is 1050 g/mol. The van der Waals surface area contributed by atoms with E-state index in [4.69, 9.17) is 51.6 Å². The molecular formula is C56H67Cl2F2N5O8. The molecule has 4 aromatic rings. The van der Waals surface area contributed by atoms with Crippen LogP contribution in [0.1, 0.15) is 93.4 Å². The Kier molecular flexibility index (Phi) is 19.3. The summed E-state index contributed by atoms with van der Waals surface area (Å²) in [5.74, 6) is -2.00. The van der Waals surface area contributed by atoms with Gasteiger partial charge in [-0.05, 0) is 78.4 Å². The first-order chi connectivity index (χ1) is 34.6. The summed E-state index contributed by atoms with van der Waals surface area (Å²) in [5.41, 5.74) is -1.11. The summed E-state index contributed by atoms with van der Waals surface area (Å²) < 4.78 is 66.6. The van der Waals surface area contributed by atoms with E-state index >= 15 is 8.78 Å². The SMILES string of the molecule is Cc1ccc([C@@]2(C#N)[C@H](c3cccc(Cl)c3F)[C@@H](C(=O)NCCOCCOCCOCCOCCOc3ccc(C(=O)N[C@H]4C(C)(C)[C@H](Oc5ccc(C#N)c(Cl)c5)C4(C)C)cc3)N[C@@H]2CC(C)(C)C)c(F)c1. The van der Waals surface area contributed by atoms with Gasteiger partial charge in [-0.15, -0.1) is 0 Å². The Hall–Kier alpha value is -5.36. The summed E-state index contributed by atoms with van der Waals surface area (Å²) in [6.07, 6.45) is 0.171. The predicted octanol–water partition coefficient (Wildman–Crippen LogP) is 9.65. The van der Waals surface area contributed by atoms with E-state index in [0.717, 1.165) is 0 Å². The molecule has 0 radical (unpaired) electrons. The number of nitriles is 2. The third-order valence-corrected chi connectivity index (χ3v) is 14.2. The zero-order chi connectivity index (χ0) is 53.1. The van der Waals surface area contributed by atoms with Crippen LogP contribution in [0.3, 0.4) is 0 Å². The van der Waals surface area contributed by atoms with Gasteiger partial charge in [0.15, 0.2) is 0 Å². The van der Waals surface area contributed by atoms with Crippen molar-refractivity contribution < 1.29 is 46.8 Å². The van der Waals surface area contributed by atoms with E-state index in [1.165, 1.54) is 18.2 Å². The van der Waals surface area contributed by atoms with Crippen molar-refractivity contribution in [1.82, 2.24) is 16.0 Å². The fourth-order valence-corrected chi connectivity index (χ4v) is 10.9. The van der Waals surface area contributed by atoms with Gasteiger partial charge < -0.3 is 44.4 Å². The molecule has 1 heterocycles. The van der Waals surface area contributed by atoms with Gasteiger partial charge in [0.05, 0.1) is 80.6 Å². The number of hydrogen-bond donors (Lipinski definition) is 3. The average Bonchev–Trinajstić information content (AvgIpc) is 3.65. The van der Waals surface area contributed by atoms with Gasteiger partial charge in [0.1, 0.15) is 47.3 Å². The lowest BCUT2D eigenvalue weighted by Crippen LogP contribution is -2.74. The second-order valence-corrected chi connectivity index (χ2v) is 21.8. The van der Waals surface area contributed by atoms with Gasteiger partial charge >= 0.3 is 0 Å². The number of nitrogens with one attached hydrogen (secondary N) is 3. The highest BCUT2D eigenvalue weighted by atomic mass is 35.5. The third kappa shape index (κ3) is 13.5. The van der Waals surface area contributed by atoms with Crippen LogP contribution >= 0.6 is 23.2 Å². The molecule has 4 atom stereocenters. The van der Waals surface area contributed by atoms with Crippen LogP contribution in [0.2, 0.25) is 10.0 Å². The number of aryl methyl sites for hydroxylation is 1. The van der Waals surface area contributed by atoms with E-state index in [2.05, 4.69) is 55.8 Å². The van der Waals surface area contributed by atoms with Gasteiger partial charge in [-0.25, -0.2) is 8.78 Å². The van der Waals surface area contributed by atoms with Gasteiger partial charge in [-0.1, -0.05) is 95.9 Å². The molecular weight excluding hydrogens is 980 g/mol. The first-order valence-electron chi connectivity index (χ1n) is 24.5. The fraction of sp³-hybridized carbons (Fsp3) is 0.500. The highest BCUT2D eigenvalue weighted by Crippen LogP contribution is 2.56. The van der Waals surface area contributed by atoms with Gasteiger partial charge in [-0.3, -0.25) is 9.59 Å². The highest BCUT2D eigenvalue weighted by molar-refractivity contribution is 6.32. The minimum atomic E-state index is -1.67. The Balaban J connectivity index is 0.840. The first kappa shape index (κ1) is 56.9. The number of hydrogen-bond acceptors (Lipinski definition) is 11. The molecule has 17 heteroatoms. The largest absolute Gasteiger partial charge is 0.491 e. The number of carbonyl (C=O) groups excluding carboxylic acids is 2. The monoisotopic (exact) mass is 1050 g/mol. The lowest BCUT2D eigenvalue weighted by molar-refractivity contribution is -0.164. The smallest absolute Gasteiger partial charge is 0.251 e. The number of carbonyl (C=O) groups is 2. The molecule has 13 nitrogen and oxygen atoms in total. The standard InChI is InChI=1S/C56H67Cl2F2N5O8/c1-35-12-19-41(44(59)30-35)56(34-62)45(32-53(2,3)4)64-48(46(56)40-10-9-11-42(57)47(40)60)50(67)63-20-21-68-22-23-69-24-25-70-26-27-71-28-29-72-38-16-13-36(14-17-38)49(66)65-51-54(5,6)52(55(51,7)8)73-39-18-15-37(33-61)43(58)31-39/h9-19,30-31,45-46,48,51-52,64H,20-29,32H2,1-8H3,(H,63,67)(H,65,66)/t45-,46-,48+,51-,52-,56-/m1/s1. The van der Waals surface area contributed by atoms with Crippen LogP contribution in [0, 0.1) is 57.5 Å². The molecule has 0 unspecified atom stereocenters. The van der Waals surface area contributed by atoms with Crippen LogP contribution < -0.4 is 25.4 Å². The third-order valence-electron chi connectivity index (χ3n) is 13.6. The number of benzene rings is 4. The lowest BCUT2D eigenvalue weighted by Gasteiger charge is -2.63. The Morgan fingerprint density at radius 1 is 0.767 bits per heavy atom. The van der Waals surface area contributed by atoms with Crippen molar-refractivity contribution in [1.29, 1.82) is 10.5 Å². The molecule has 4 aromatic carbocycles. The van der Waals surface area contributed by atoms with E-state index in [1.54, 1.807) is 67.6 Å². The second-order valence-electron chi connectivity index (χ2n) is 21.0. The van der Waals surface area contributed by atoms with Crippen molar-refractivity contribution in [2.75, 3.05) is 66.0 Å². The Labute approximate surface area is 438 Å². The summed E-state index contributed by atoms with van der Waals surface area (Å²) in [6, 6.07) is 23.5. The van der Waals surface area contributed by atoms with E-state index < -0.39 is 41.0 Å². The van der Waals surface area contributed by atoms with Crippen molar-refractivity contribution in [2.45, 2.75) is 97.4 Å². The summed E-state index contributed by atoms with van der Waals surface area (Å²) >= 11 is 12.5. The van der Waals surface area contributed by atoms with Crippen molar-refractivity contribution >= 4 is 35.0 Å². The van der Waals surface area contributed by atoms with Crippen LogP contribution in [0.25, 0.3) is 0 Å². The Morgan fingerprint density at radius 2 is 1.37 bits per heavy atom. The van der Waals surface area contributed by atoms with Crippen LogP contribution in [-0.4, -0.2) is 102 Å². The minimum absolute atomic E-state index is 0.0488. The topological polar surface area (TPSA) is 173 Å². The summed E-state index contributed by atoms with van der Waals surface area (Å²) in [6.45, 7) is 18.9. The maximum atomic E-state index is 16.0. The Morgan fingerprint density at radius 3 is 1.95 bits per heavy atom. The quantitative estimate of drug-likeness (QED) is 0.0571. The maximum Gasteiger partial charge on any atom is 0.251 e. The summed E-state index contributed by atoms with van der Waals surface area (Å²) in [5, 5.41) is 29.8. The molecule has 0 bridgehead atoms. The molecule has 3 N–H and O–H groups in total. The van der Waals surface area contributed by atoms with Gasteiger partial charge in [0.25, 0.3) is 5.91 Å². The molecule has 1 saturated heterocycles. The molecule has 0 spiro atoms. The van der Waals surface area contributed by atoms with Crippen LogP contribution in [0.4, 0.5) is 8.78 Å². The van der Waals surface area contributed by atoms with E-state index in [1.807, 2.05) is 20.8 Å². The minimum Gasteiger partial charge on any atom is -0.491 e. The molecule has 73 heavy (non-hydrogen) atoms. The van der Waals surface area contributed by atoms with Crippen LogP contribution in [-0.2, 0) is 29.2 Å². The normalized spacial score (nSPS) is 21.9. The zero-order valence-corrected chi connectivity index (χ0v) is 44.4. The van der Waals surface area contributed by atoms with E-state index in [9.17, 15) is 20.1 Å². The molecule has 1 saturated carbocycles. The fourth-order valence-electron chi connectivity index (χ4n) is 10.5. The van der Waals surface area contributed by atoms with Crippen molar-refractivity contribution in [3.8, 4) is 23.6 Å². The van der Waals surface area contributed by atoms with E-state index in [-0.39, 0.29) is 70.2 Å². The molecule has 1 aliphatic carbocycles. The molecule has 1 aliphatic heterocycles. The summed E-state index contributed by atoms with van der Waals surface area (Å²) in [7, 11) is 0. The van der Waals surface area contributed by atoms with E-state index in [0.29, 0.717) is 85.9 Å². The molecule has 0 aromatic heterocycles. The van der Waals surface area contributed by atoms with Crippen molar-refractivity contribution in [3.63, 3.8) is 0 Å². The number of nitrogens with zero attached hydrogens (tertiary/aromatic N) is 2. The number of halogens is 4. The van der Waals surface area contributed by atoms with Crippen LogP contribution in [0.5, 0.6) is 11.5 Å². The molecule has 6 rings (SSSR count). The predicted molar refractivity (Wildman–Crippen MR) is 275 cm³/mol. The van der Waals surface area contributed by atoms with Gasteiger partial charge in [0, 0.05) is 52.6 Å². The van der Waals surface area contributed by atoms with Crippen molar-refractivity contribution in [3.05, 3.63) is 128 Å².